The molecule has 2 atom stereocenters. The van der Waals surface area contributed by atoms with E-state index in [-0.39, 0.29) is 8.80 Å². The van der Waals surface area contributed by atoms with Crippen molar-refractivity contribution in [1.82, 2.24) is 0 Å². The zero-order valence-electron chi connectivity index (χ0n) is 8.46. The van der Waals surface area contributed by atoms with Gasteiger partial charge in [-0.25, -0.2) is 0 Å². The Morgan fingerprint density at radius 3 is 2.08 bits per heavy atom. The molecule has 0 spiro atoms. The molecule has 1 aromatic rings. The maximum absolute atomic E-state index is 2.44. The van der Waals surface area contributed by atoms with Crippen LogP contribution in [0.25, 0.3) is 0 Å². The lowest BCUT2D eigenvalue weighted by Gasteiger charge is -2.17. The molecule has 69 valence electrons. The van der Waals surface area contributed by atoms with Crippen LogP contribution in [0.4, 0.5) is 0 Å². The van der Waals surface area contributed by atoms with Crippen LogP contribution in [0.15, 0.2) is 30.3 Å². The molecule has 0 nitrogen and oxygen atoms in total. The van der Waals surface area contributed by atoms with Gasteiger partial charge >= 0.3 is 0 Å². The summed E-state index contributed by atoms with van der Waals surface area (Å²) in [6.07, 6.45) is 2.90. The molecule has 0 N–H and O–H groups in total. The number of hydrogen-bond acceptors (Lipinski definition) is 0. The first-order chi connectivity index (χ1) is 6.29. The van der Waals surface area contributed by atoms with Crippen molar-refractivity contribution in [3.8, 4) is 0 Å². The molecule has 1 fully saturated rings. The Hall–Kier alpha value is -0.563. The predicted octanol–water partition coefficient (Wildman–Crippen LogP) is 2.96. The molecule has 1 aromatic carbocycles. The van der Waals surface area contributed by atoms with Gasteiger partial charge in [0, 0.05) is 0 Å². The van der Waals surface area contributed by atoms with E-state index in [9.17, 15) is 0 Å². The van der Waals surface area contributed by atoms with E-state index < -0.39 is 0 Å². The topological polar surface area (TPSA) is 0 Å². The first-order valence-corrected chi connectivity index (χ1v) is 6.86. The summed E-state index contributed by atoms with van der Waals surface area (Å²) in [5.74, 6) is 0. The molecule has 0 aromatic heterocycles. The summed E-state index contributed by atoms with van der Waals surface area (Å²) >= 11 is 0. The highest BCUT2D eigenvalue weighted by molar-refractivity contribution is 6.76. The van der Waals surface area contributed by atoms with Gasteiger partial charge in [-0.1, -0.05) is 62.2 Å². The van der Waals surface area contributed by atoms with Gasteiger partial charge in [0.05, 0.1) is 8.80 Å². The standard InChI is InChI=1S/C12H17Si/c1-10-8-9-11(2)13(10)12-6-4-3-5-7-12/h3-7,10-11H,8-9H2,1-2H3/t10-,11-/m0/s1. The largest absolute Gasteiger partial charge is 0.0915 e. The van der Waals surface area contributed by atoms with Gasteiger partial charge in [0.25, 0.3) is 0 Å². The van der Waals surface area contributed by atoms with Crippen LogP contribution < -0.4 is 5.19 Å². The van der Waals surface area contributed by atoms with Crippen molar-refractivity contribution in [2.24, 2.45) is 0 Å². The van der Waals surface area contributed by atoms with Gasteiger partial charge in [-0.2, -0.15) is 0 Å². The fourth-order valence-corrected chi connectivity index (χ4v) is 6.14. The molecular formula is C12H17Si. The summed E-state index contributed by atoms with van der Waals surface area (Å²) in [5, 5.41) is 1.64. The van der Waals surface area contributed by atoms with Crippen LogP contribution in [0.5, 0.6) is 0 Å². The van der Waals surface area contributed by atoms with Crippen LogP contribution in [-0.4, -0.2) is 8.80 Å². The molecule has 1 heterocycles. The molecule has 0 amide bonds. The zero-order valence-corrected chi connectivity index (χ0v) is 9.46. The lowest BCUT2D eigenvalue weighted by atomic mass is 10.2. The second kappa shape index (κ2) is 3.67. The van der Waals surface area contributed by atoms with Crippen LogP contribution in [-0.2, 0) is 0 Å². The summed E-state index contributed by atoms with van der Waals surface area (Å²) in [6, 6.07) is 11.1. The van der Waals surface area contributed by atoms with Crippen molar-refractivity contribution in [3.05, 3.63) is 30.3 Å². The fourth-order valence-electron chi connectivity index (χ4n) is 2.50. The summed E-state index contributed by atoms with van der Waals surface area (Å²) in [5.41, 5.74) is 1.95. The Morgan fingerprint density at radius 1 is 1.00 bits per heavy atom. The van der Waals surface area contributed by atoms with E-state index in [1.807, 2.05) is 0 Å². The van der Waals surface area contributed by atoms with E-state index in [0.717, 1.165) is 11.1 Å². The maximum Gasteiger partial charge on any atom is 0.0915 e. The zero-order chi connectivity index (χ0) is 9.26. The molecule has 0 bridgehead atoms. The Kier molecular flexibility index (Phi) is 2.54. The van der Waals surface area contributed by atoms with Crippen molar-refractivity contribution in [2.45, 2.75) is 37.8 Å². The number of benzene rings is 1. The van der Waals surface area contributed by atoms with E-state index in [1.165, 1.54) is 12.8 Å². The Morgan fingerprint density at radius 2 is 1.54 bits per heavy atom. The molecule has 0 unspecified atom stereocenters. The lowest BCUT2D eigenvalue weighted by molar-refractivity contribution is 0.765. The minimum Gasteiger partial charge on any atom is -0.0648 e. The van der Waals surface area contributed by atoms with Gasteiger partial charge in [-0.15, -0.1) is 0 Å². The van der Waals surface area contributed by atoms with E-state index in [2.05, 4.69) is 44.2 Å². The van der Waals surface area contributed by atoms with Crippen molar-refractivity contribution < 1.29 is 0 Å². The molecular weight excluding hydrogens is 172 g/mol. The van der Waals surface area contributed by atoms with Crippen LogP contribution in [0.1, 0.15) is 26.7 Å². The summed E-state index contributed by atoms with van der Waals surface area (Å²) < 4.78 is 0. The second-order valence-electron chi connectivity index (χ2n) is 4.20. The predicted molar refractivity (Wildman–Crippen MR) is 59.9 cm³/mol. The first kappa shape index (κ1) is 9.01. The lowest BCUT2D eigenvalue weighted by Crippen LogP contribution is -2.32. The Balaban J connectivity index is 2.25. The minimum absolute atomic E-state index is 0.245. The van der Waals surface area contributed by atoms with Crippen LogP contribution in [0.3, 0.4) is 0 Å². The summed E-state index contributed by atoms with van der Waals surface area (Å²) in [7, 11) is -0.245. The second-order valence-corrected chi connectivity index (χ2v) is 7.66. The molecule has 1 aliphatic rings. The van der Waals surface area contributed by atoms with Crippen LogP contribution in [0.2, 0.25) is 11.1 Å². The van der Waals surface area contributed by atoms with Gasteiger partial charge in [0.1, 0.15) is 0 Å². The van der Waals surface area contributed by atoms with Crippen molar-refractivity contribution in [3.63, 3.8) is 0 Å². The van der Waals surface area contributed by atoms with Gasteiger partial charge in [0.2, 0.25) is 0 Å². The molecule has 0 saturated carbocycles. The quantitative estimate of drug-likeness (QED) is 0.596. The molecule has 13 heavy (non-hydrogen) atoms. The SMILES string of the molecule is C[C@H]1CC[C@H](C)[Si]1c1ccccc1. The van der Waals surface area contributed by atoms with Gasteiger partial charge in [-0.3, -0.25) is 0 Å². The summed E-state index contributed by atoms with van der Waals surface area (Å²) in [4.78, 5) is 0. The molecule has 1 aliphatic heterocycles. The van der Waals surface area contributed by atoms with Crippen molar-refractivity contribution in [2.75, 3.05) is 0 Å². The highest BCUT2D eigenvalue weighted by Gasteiger charge is 2.32. The number of hydrogen-bond donors (Lipinski definition) is 0. The fraction of sp³-hybridized carbons (Fsp3) is 0.500. The third-order valence-electron chi connectivity index (χ3n) is 3.20. The maximum atomic E-state index is 2.44. The normalized spacial score (nSPS) is 29.4. The smallest absolute Gasteiger partial charge is 0.0648 e. The molecule has 1 saturated heterocycles. The average molecular weight is 189 g/mol. The first-order valence-electron chi connectivity index (χ1n) is 5.21. The van der Waals surface area contributed by atoms with E-state index in [0.29, 0.717) is 0 Å². The highest BCUT2D eigenvalue weighted by Crippen LogP contribution is 2.37. The Labute approximate surface area is 82.6 Å². The van der Waals surface area contributed by atoms with Gasteiger partial charge < -0.3 is 0 Å². The van der Waals surface area contributed by atoms with Crippen molar-refractivity contribution in [1.29, 1.82) is 0 Å². The molecule has 1 heteroatoms. The van der Waals surface area contributed by atoms with Gasteiger partial charge in [0.15, 0.2) is 0 Å². The average Bonchev–Trinajstić information content (AvgIpc) is 2.48. The van der Waals surface area contributed by atoms with Gasteiger partial charge in [-0.05, 0) is 11.1 Å². The van der Waals surface area contributed by atoms with E-state index in [1.54, 1.807) is 5.19 Å². The van der Waals surface area contributed by atoms with E-state index in [4.69, 9.17) is 0 Å². The van der Waals surface area contributed by atoms with E-state index >= 15 is 0 Å². The number of rotatable bonds is 1. The highest BCUT2D eigenvalue weighted by atomic mass is 28.3. The van der Waals surface area contributed by atoms with Crippen LogP contribution in [0, 0.1) is 0 Å². The van der Waals surface area contributed by atoms with Crippen LogP contribution >= 0.6 is 0 Å². The monoisotopic (exact) mass is 189 g/mol. The molecule has 2 rings (SSSR count). The van der Waals surface area contributed by atoms with Crippen molar-refractivity contribution >= 4 is 14.0 Å². The third kappa shape index (κ3) is 1.71. The third-order valence-corrected chi connectivity index (χ3v) is 6.90. The molecule has 1 radical (unpaired) electrons. The summed E-state index contributed by atoms with van der Waals surface area (Å²) in [6.45, 7) is 4.87. The minimum atomic E-state index is -0.245. The Bertz CT molecular complexity index is 258. The molecule has 0 aliphatic carbocycles.